The number of ketones is 1. The van der Waals surface area contributed by atoms with Crippen molar-refractivity contribution in [1.29, 1.82) is 0 Å². The van der Waals surface area contributed by atoms with Crippen LogP contribution in [0.3, 0.4) is 0 Å². The van der Waals surface area contributed by atoms with E-state index in [1.165, 1.54) is 0 Å². The maximum Gasteiger partial charge on any atom is 0.312 e. The van der Waals surface area contributed by atoms with Crippen LogP contribution in [0, 0.1) is 45.8 Å². The lowest BCUT2D eigenvalue weighted by Gasteiger charge is -2.43. The Morgan fingerprint density at radius 1 is 1.15 bits per heavy atom. The zero-order valence-electron chi connectivity index (χ0n) is 20.8. The van der Waals surface area contributed by atoms with Gasteiger partial charge < -0.3 is 14.9 Å². The average Bonchev–Trinajstić information content (AvgIpc) is 3.21. The van der Waals surface area contributed by atoms with Gasteiger partial charge in [0.2, 0.25) is 0 Å². The molecule has 0 saturated heterocycles. The number of allylic oxidation sites excluding steroid dienone is 2. The highest BCUT2D eigenvalue weighted by atomic mass is 16.5. The van der Waals surface area contributed by atoms with Crippen LogP contribution in [0.4, 0.5) is 0 Å². The molecule has 0 aromatic heterocycles. The lowest BCUT2D eigenvalue weighted by Crippen LogP contribution is -2.51. The second-order valence-corrected chi connectivity index (χ2v) is 12.6. The number of hydrogen-bond acceptors (Lipinski definition) is 5. The van der Waals surface area contributed by atoms with Gasteiger partial charge in [0.15, 0.2) is 5.78 Å². The van der Waals surface area contributed by atoms with Crippen molar-refractivity contribution in [2.24, 2.45) is 45.8 Å². The Morgan fingerprint density at radius 2 is 1.82 bits per heavy atom. The third-order valence-corrected chi connectivity index (χ3v) is 10.5. The number of carbonyl (C=O) groups excluding carboxylic acids is 2. The molecule has 3 fully saturated rings. The smallest absolute Gasteiger partial charge is 0.312 e. The number of hydrogen-bond donors (Lipinski definition) is 2. The van der Waals surface area contributed by atoms with E-state index < -0.39 is 29.0 Å². The maximum atomic E-state index is 14.3. The van der Waals surface area contributed by atoms with Crippen molar-refractivity contribution in [2.45, 2.75) is 85.4 Å². The third kappa shape index (κ3) is 3.10. The second kappa shape index (κ2) is 7.52. The number of rotatable bonds is 3. The molecule has 5 rings (SSSR count). The standard InChI is InChI=1S/C28H40O5/c1-15-13-28-16(2)11-19-20(26(19,3)4)18(24(28)31)12-17(14-29)22(30)21(28)23(15)33-25(32)27(5)9-7-6-8-10-27/h12-13,16,18-23,29-30H,6-11,14H2,1-5H3/t16-,18+,19-,20+,21-,22-,23+,28-/m1/s1. The maximum absolute atomic E-state index is 14.3. The molecule has 0 aliphatic heterocycles. The number of Topliss-reactive ketones (excluding diaryl/α,β-unsaturated/α-hetero) is 1. The molecule has 0 radical (unpaired) electrons. The van der Waals surface area contributed by atoms with Crippen LogP contribution in [0.25, 0.3) is 0 Å². The van der Waals surface area contributed by atoms with Crippen molar-refractivity contribution >= 4 is 11.8 Å². The number of carbonyl (C=O) groups is 2. The van der Waals surface area contributed by atoms with Crippen molar-refractivity contribution in [2.75, 3.05) is 6.61 Å². The van der Waals surface area contributed by atoms with E-state index in [0.717, 1.165) is 44.1 Å². The minimum absolute atomic E-state index is 0.0271. The summed E-state index contributed by atoms with van der Waals surface area (Å²) in [4.78, 5) is 27.7. The van der Waals surface area contributed by atoms with Gasteiger partial charge in [0.05, 0.1) is 23.5 Å². The van der Waals surface area contributed by atoms with Crippen LogP contribution in [0.2, 0.25) is 0 Å². The first-order valence-electron chi connectivity index (χ1n) is 12.9. The Labute approximate surface area is 197 Å². The average molecular weight is 457 g/mol. The zero-order valence-corrected chi connectivity index (χ0v) is 20.8. The van der Waals surface area contributed by atoms with Crippen LogP contribution < -0.4 is 0 Å². The summed E-state index contributed by atoms with van der Waals surface area (Å²) < 4.78 is 6.23. The number of fused-ring (bicyclic) bond motifs is 3. The van der Waals surface area contributed by atoms with Gasteiger partial charge in [-0.2, -0.15) is 0 Å². The van der Waals surface area contributed by atoms with Crippen molar-refractivity contribution < 1.29 is 24.5 Å². The second-order valence-electron chi connectivity index (χ2n) is 12.6. The van der Waals surface area contributed by atoms with Crippen LogP contribution in [-0.2, 0) is 14.3 Å². The largest absolute Gasteiger partial charge is 0.457 e. The molecule has 0 aromatic carbocycles. The Balaban J connectivity index is 1.56. The molecule has 5 nitrogen and oxygen atoms in total. The van der Waals surface area contributed by atoms with E-state index in [9.17, 15) is 19.8 Å². The molecule has 33 heavy (non-hydrogen) atoms. The fourth-order valence-corrected chi connectivity index (χ4v) is 8.29. The first kappa shape index (κ1) is 23.3. The summed E-state index contributed by atoms with van der Waals surface area (Å²) >= 11 is 0. The van der Waals surface area contributed by atoms with Gasteiger partial charge >= 0.3 is 5.97 Å². The molecule has 2 bridgehead atoms. The molecule has 2 N–H and O–H groups in total. The molecule has 0 aromatic rings. The van der Waals surface area contributed by atoms with Gasteiger partial charge in [-0.05, 0) is 67.4 Å². The van der Waals surface area contributed by atoms with Gasteiger partial charge in [-0.15, -0.1) is 0 Å². The van der Waals surface area contributed by atoms with Crippen LogP contribution in [0.5, 0.6) is 0 Å². The van der Waals surface area contributed by atoms with E-state index in [1.807, 2.05) is 26.0 Å². The van der Waals surface area contributed by atoms with Crippen molar-refractivity contribution in [1.82, 2.24) is 0 Å². The molecule has 0 amide bonds. The van der Waals surface area contributed by atoms with E-state index in [2.05, 4.69) is 20.8 Å². The highest BCUT2D eigenvalue weighted by molar-refractivity contribution is 5.94. The Hall–Kier alpha value is -1.46. The molecule has 182 valence electrons. The van der Waals surface area contributed by atoms with Gasteiger partial charge in [-0.3, -0.25) is 9.59 Å². The molecule has 1 spiro atoms. The van der Waals surface area contributed by atoms with Crippen LogP contribution >= 0.6 is 0 Å². The fourth-order valence-electron chi connectivity index (χ4n) is 8.29. The molecule has 0 heterocycles. The van der Waals surface area contributed by atoms with Gasteiger partial charge in [-0.1, -0.05) is 52.2 Å². The summed E-state index contributed by atoms with van der Waals surface area (Å²) in [6.07, 6.45) is 7.98. The Kier molecular flexibility index (Phi) is 5.31. The first-order valence-corrected chi connectivity index (χ1v) is 12.9. The van der Waals surface area contributed by atoms with Gasteiger partial charge in [0.1, 0.15) is 6.10 Å². The van der Waals surface area contributed by atoms with E-state index in [1.54, 1.807) is 0 Å². The van der Waals surface area contributed by atoms with E-state index in [-0.39, 0.29) is 41.5 Å². The number of aliphatic hydroxyl groups is 2. The molecular weight excluding hydrogens is 416 g/mol. The Bertz CT molecular complexity index is 923. The Morgan fingerprint density at radius 3 is 2.45 bits per heavy atom. The predicted molar refractivity (Wildman–Crippen MR) is 125 cm³/mol. The number of esters is 1. The minimum Gasteiger partial charge on any atom is -0.457 e. The summed E-state index contributed by atoms with van der Waals surface area (Å²) in [6, 6.07) is 0. The predicted octanol–water partition coefficient (Wildman–Crippen LogP) is 4.22. The summed E-state index contributed by atoms with van der Waals surface area (Å²) in [6.45, 7) is 10.2. The van der Waals surface area contributed by atoms with Crippen LogP contribution in [-0.4, -0.2) is 40.8 Å². The minimum atomic E-state index is -1.02. The van der Waals surface area contributed by atoms with Crippen LogP contribution in [0.1, 0.15) is 73.1 Å². The summed E-state index contributed by atoms with van der Waals surface area (Å²) in [5.41, 5.74) is 0.0661. The van der Waals surface area contributed by atoms with Crippen molar-refractivity contribution in [3.05, 3.63) is 23.3 Å². The van der Waals surface area contributed by atoms with Gasteiger partial charge in [-0.25, -0.2) is 0 Å². The zero-order chi connectivity index (χ0) is 23.9. The summed E-state index contributed by atoms with van der Waals surface area (Å²) in [5, 5.41) is 21.8. The van der Waals surface area contributed by atoms with Gasteiger partial charge in [0.25, 0.3) is 0 Å². The van der Waals surface area contributed by atoms with Crippen LogP contribution in [0.15, 0.2) is 23.3 Å². The number of aliphatic hydroxyl groups excluding tert-OH is 2. The lowest BCUT2D eigenvalue weighted by molar-refractivity contribution is -0.169. The molecule has 5 aliphatic rings. The fraction of sp³-hybridized carbons (Fsp3) is 0.786. The summed E-state index contributed by atoms with van der Waals surface area (Å²) in [7, 11) is 0. The van der Waals surface area contributed by atoms with Crippen molar-refractivity contribution in [3.8, 4) is 0 Å². The highest BCUT2D eigenvalue weighted by Crippen LogP contribution is 2.71. The lowest BCUT2D eigenvalue weighted by atomic mass is 9.61. The molecule has 3 saturated carbocycles. The van der Waals surface area contributed by atoms with E-state index in [4.69, 9.17) is 4.74 Å². The molecular formula is C28H40O5. The molecule has 5 heteroatoms. The topological polar surface area (TPSA) is 83.8 Å². The van der Waals surface area contributed by atoms with E-state index >= 15 is 0 Å². The normalized spacial score (nSPS) is 45.1. The molecule has 8 atom stereocenters. The third-order valence-electron chi connectivity index (χ3n) is 10.5. The SMILES string of the molecule is CC1=C[C@]23C(=O)[C@@H](C=C(CO)[C@@H](O)[C@@H]2[C@H]1OC(=O)C1(C)CCCCC1)[C@H]1[C@@H](C[C@H]3C)C1(C)C. The van der Waals surface area contributed by atoms with E-state index in [0.29, 0.717) is 11.5 Å². The number of ether oxygens (including phenoxy) is 1. The summed E-state index contributed by atoms with van der Waals surface area (Å²) in [5.74, 6) is -0.259. The highest BCUT2D eigenvalue weighted by Gasteiger charge is 2.71. The quantitative estimate of drug-likeness (QED) is 0.491. The molecule has 5 aliphatic carbocycles. The molecule has 0 unspecified atom stereocenters. The first-order chi connectivity index (χ1) is 15.5. The van der Waals surface area contributed by atoms with Crippen molar-refractivity contribution in [3.63, 3.8) is 0 Å². The van der Waals surface area contributed by atoms with Gasteiger partial charge in [0, 0.05) is 11.8 Å². The monoisotopic (exact) mass is 456 g/mol.